The maximum atomic E-state index is 13.3. The van der Waals surface area contributed by atoms with E-state index in [1.54, 1.807) is 13.0 Å². The maximum absolute atomic E-state index is 13.3. The molecule has 1 aromatic heterocycles. The van der Waals surface area contributed by atoms with E-state index in [9.17, 15) is 9.59 Å². The van der Waals surface area contributed by atoms with Crippen LogP contribution >= 0.6 is 11.6 Å². The van der Waals surface area contributed by atoms with Gasteiger partial charge in [-0.3, -0.25) is 9.59 Å². The Balaban J connectivity index is 1.47. The van der Waals surface area contributed by atoms with Crippen LogP contribution in [0, 0.1) is 12.3 Å². The Morgan fingerprint density at radius 2 is 1.85 bits per heavy atom. The molecule has 7 nitrogen and oxygen atoms in total. The zero-order valence-electron chi connectivity index (χ0n) is 20.1. The van der Waals surface area contributed by atoms with Crippen molar-refractivity contribution in [1.82, 2.24) is 15.0 Å². The standard InChI is InChI=1S/C26H34ClN3O4/c1-3-22-24(19(2)34-28-22)25(32)30-14-10-26(11-15-30,17-23(31)29-12-5-4-6-13-29)18-33-21-9-7-8-20(27)16-21/h7-9,16H,3-6,10-15,17-18H2,1-2H3. The van der Waals surface area contributed by atoms with Crippen LogP contribution in [0.3, 0.4) is 0 Å². The van der Waals surface area contributed by atoms with Crippen molar-refractivity contribution in [3.63, 3.8) is 0 Å². The summed E-state index contributed by atoms with van der Waals surface area (Å²) in [4.78, 5) is 30.3. The van der Waals surface area contributed by atoms with Gasteiger partial charge in [0.15, 0.2) is 0 Å². The number of hydrogen-bond acceptors (Lipinski definition) is 5. The number of carbonyl (C=O) groups excluding carboxylic acids is 2. The SMILES string of the molecule is CCc1noc(C)c1C(=O)N1CCC(COc2cccc(Cl)c2)(CC(=O)N2CCCCC2)CC1. The predicted octanol–water partition coefficient (Wildman–Crippen LogP) is 4.90. The minimum atomic E-state index is -0.328. The van der Waals surface area contributed by atoms with Crippen LogP contribution in [-0.4, -0.2) is 59.6 Å². The Morgan fingerprint density at radius 1 is 1.12 bits per heavy atom. The zero-order chi connectivity index (χ0) is 24.1. The van der Waals surface area contributed by atoms with Crippen LogP contribution in [0.25, 0.3) is 0 Å². The van der Waals surface area contributed by atoms with Gasteiger partial charge in [0.2, 0.25) is 5.91 Å². The van der Waals surface area contributed by atoms with E-state index in [1.165, 1.54) is 6.42 Å². The number of aromatic nitrogens is 1. The van der Waals surface area contributed by atoms with Crippen LogP contribution in [0.4, 0.5) is 0 Å². The first-order valence-corrected chi connectivity index (χ1v) is 12.7. The molecule has 34 heavy (non-hydrogen) atoms. The summed E-state index contributed by atoms with van der Waals surface area (Å²) < 4.78 is 11.4. The quantitative estimate of drug-likeness (QED) is 0.555. The van der Waals surface area contributed by atoms with Crippen molar-refractivity contribution < 1.29 is 18.8 Å². The molecule has 0 saturated carbocycles. The summed E-state index contributed by atoms with van der Waals surface area (Å²) in [6.07, 6.45) is 5.80. The normalized spacial score (nSPS) is 18.1. The molecule has 0 aliphatic carbocycles. The van der Waals surface area contributed by atoms with Crippen molar-refractivity contribution in [2.45, 2.75) is 58.8 Å². The molecule has 0 N–H and O–H groups in total. The second-order valence-electron chi connectivity index (χ2n) is 9.57. The van der Waals surface area contributed by atoms with Crippen LogP contribution < -0.4 is 4.74 Å². The van der Waals surface area contributed by atoms with Gasteiger partial charge in [-0.05, 0) is 63.6 Å². The number of hydrogen-bond donors (Lipinski definition) is 0. The smallest absolute Gasteiger partial charge is 0.259 e. The monoisotopic (exact) mass is 487 g/mol. The lowest BCUT2D eigenvalue weighted by molar-refractivity contribution is -0.136. The van der Waals surface area contributed by atoms with Crippen molar-refractivity contribution in [1.29, 1.82) is 0 Å². The van der Waals surface area contributed by atoms with Crippen molar-refractivity contribution >= 4 is 23.4 Å². The molecule has 2 aromatic rings. The van der Waals surface area contributed by atoms with Gasteiger partial charge in [-0.15, -0.1) is 0 Å². The molecule has 1 aromatic carbocycles. The molecule has 8 heteroatoms. The van der Waals surface area contributed by atoms with E-state index < -0.39 is 0 Å². The topological polar surface area (TPSA) is 75.9 Å². The van der Waals surface area contributed by atoms with Gasteiger partial charge in [0, 0.05) is 43.0 Å². The number of nitrogens with zero attached hydrogens (tertiary/aromatic N) is 3. The second-order valence-corrected chi connectivity index (χ2v) is 10.0. The summed E-state index contributed by atoms with van der Waals surface area (Å²) in [6.45, 7) is 6.97. The van der Waals surface area contributed by atoms with E-state index in [2.05, 4.69) is 5.16 Å². The van der Waals surface area contributed by atoms with Gasteiger partial charge in [0.1, 0.15) is 17.1 Å². The lowest BCUT2D eigenvalue weighted by Gasteiger charge is -2.42. The average molecular weight is 488 g/mol. The van der Waals surface area contributed by atoms with Crippen LogP contribution in [-0.2, 0) is 11.2 Å². The number of aryl methyl sites for hydroxylation is 2. The summed E-state index contributed by atoms with van der Waals surface area (Å²) in [6, 6.07) is 7.34. The van der Waals surface area contributed by atoms with Crippen molar-refractivity contribution in [2.24, 2.45) is 5.41 Å². The molecule has 2 aliphatic rings. The highest BCUT2D eigenvalue weighted by atomic mass is 35.5. The molecule has 0 atom stereocenters. The Bertz CT molecular complexity index is 1010. The summed E-state index contributed by atoms with van der Waals surface area (Å²) in [5.41, 5.74) is 0.948. The highest BCUT2D eigenvalue weighted by Gasteiger charge is 2.40. The Labute approximate surface area is 206 Å². The fourth-order valence-corrected chi connectivity index (χ4v) is 5.20. The second kappa shape index (κ2) is 10.8. The third kappa shape index (κ3) is 5.57. The molecule has 2 saturated heterocycles. The van der Waals surface area contributed by atoms with E-state index >= 15 is 0 Å². The maximum Gasteiger partial charge on any atom is 0.259 e. The van der Waals surface area contributed by atoms with Gasteiger partial charge in [-0.2, -0.15) is 0 Å². The molecule has 2 fully saturated rings. The van der Waals surface area contributed by atoms with Crippen LogP contribution in [0.1, 0.15) is 67.3 Å². The van der Waals surface area contributed by atoms with Crippen LogP contribution in [0.15, 0.2) is 28.8 Å². The Hall–Kier alpha value is -2.54. The Morgan fingerprint density at radius 3 is 2.53 bits per heavy atom. The van der Waals surface area contributed by atoms with Crippen LogP contribution in [0.2, 0.25) is 5.02 Å². The average Bonchev–Trinajstić information content (AvgIpc) is 3.24. The molecule has 3 heterocycles. The Kier molecular flexibility index (Phi) is 7.81. The van der Waals surface area contributed by atoms with Crippen LogP contribution in [0.5, 0.6) is 5.75 Å². The third-order valence-electron chi connectivity index (χ3n) is 7.17. The molecule has 0 unspecified atom stereocenters. The highest BCUT2D eigenvalue weighted by molar-refractivity contribution is 6.30. The highest BCUT2D eigenvalue weighted by Crippen LogP contribution is 2.38. The molecule has 0 radical (unpaired) electrons. The number of halogens is 1. The van der Waals surface area contributed by atoms with E-state index in [1.807, 2.05) is 34.9 Å². The number of benzene rings is 1. The van der Waals surface area contributed by atoms with E-state index in [4.69, 9.17) is 20.9 Å². The minimum absolute atomic E-state index is 0.0395. The van der Waals surface area contributed by atoms with E-state index in [0.717, 1.165) is 25.9 Å². The van der Waals surface area contributed by atoms with Gasteiger partial charge in [-0.25, -0.2) is 0 Å². The molecule has 2 aliphatic heterocycles. The number of carbonyl (C=O) groups is 2. The van der Waals surface area contributed by atoms with Gasteiger partial charge >= 0.3 is 0 Å². The molecular formula is C26H34ClN3O4. The molecule has 0 spiro atoms. The summed E-state index contributed by atoms with van der Waals surface area (Å²) >= 11 is 6.13. The number of rotatable bonds is 7. The number of piperidine rings is 2. The summed E-state index contributed by atoms with van der Waals surface area (Å²) in [7, 11) is 0. The summed E-state index contributed by atoms with van der Waals surface area (Å²) in [5, 5.41) is 4.65. The van der Waals surface area contributed by atoms with Gasteiger partial charge < -0.3 is 19.1 Å². The fraction of sp³-hybridized carbons (Fsp3) is 0.577. The van der Waals surface area contributed by atoms with Gasteiger partial charge in [0.05, 0.1) is 12.3 Å². The van der Waals surface area contributed by atoms with E-state index in [0.29, 0.717) is 73.2 Å². The van der Waals surface area contributed by atoms with E-state index in [-0.39, 0.29) is 17.2 Å². The van der Waals surface area contributed by atoms with Gasteiger partial charge in [-0.1, -0.05) is 29.7 Å². The van der Waals surface area contributed by atoms with Crippen molar-refractivity contribution in [3.05, 3.63) is 46.3 Å². The first-order valence-electron chi connectivity index (χ1n) is 12.3. The minimum Gasteiger partial charge on any atom is -0.493 e. The molecule has 2 amide bonds. The van der Waals surface area contributed by atoms with Crippen molar-refractivity contribution in [2.75, 3.05) is 32.8 Å². The first-order chi connectivity index (χ1) is 16.4. The summed E-state index contributed by atoms with van der Waals surface area (Å²) in [5.74, 6) is 1.41. The molecular weight excluding hydrogens is 454 g/mol. The number of amides is 2. The fourth-order valence-electron chi connectivity index (χ4n) is 5.02. The molecule has 4 rings (SSSR count). The lowest BCUT2D eigenvalue weighted by Crippen LogP contribution is -2.48. The first kappa shape index (κ1) is 24.6. The molecule has 0 bridgehead atoms. The zero-order valence-corrected chi connectivity index (χ0v) is 20.9. The largest absolute Gasteiger partial charge is 0.493 e. The number of ether oxygens (including phenoxy) is 1. The third-order valence-corrected chi connectivity index (χ3v) is 7.40. The van der Waals surface area contributed by atoms with Gasteiger partial charge in [0.25, 0.3) is 5.91 Å². The molecule has 184 valence electrons. The number of likely N-dealkylation sites (tertiary alicyclic amines) is 2. The van der Waals surface area contributed by atoms with Crippen molar-refractivity contribution in [3.8, 4) is 5.75 Å². The lowest BCUT2D eigenvalue weighted by atomic mass is 9.75. The predicted molar refractivity (Wildman–Crippen MR) is 130 cm³/mol.